The molecule has 0 saturated heterocycles. The number of allylic oxidation sites excluding steroid dienone is 1. The quantitative estimate of drug-likeness (QED) is 0.530. The van der Waals surface area contributed by atoms with E-state index in [0.717, 1.165) is 12.5 Å². The van der Waals surface area contributed by atoms with Gasteiger partial charge in [-0.2, -0.15) is 0 Å². The lowest BCUT2D eigenvalue weighted by Crippen LogP contribution is -1.80. The van der Waals surface area contributed by atoms with Crippen LogP contribution in [0.5, 0.6) is 0 Å². The molecule has 1 aliphatic carbocycles. The predicted octanol–water partition coefficient (Wildman–Crippen LogP) is 2.19. The van der Waals surface area contributed by atoms with Crippen molar-refractivity contribution in [1.82, 2.24) is 0 Å². The maximum absolute atomic E-state index is 4.87. The monoisotopic (exact) mass is 139 g/mol. The third-order valence-electron chi connectivity index (χ3n) is 1.70. The minimum atomic E-state index is 0.758. The van der Waals surface area contributed by atoms with Gasteiger partial charge in [-0.15, -0.1) is 0 Å². The third-order valence-corrected chi connectivity index (χ3v) is 1.70. The molecule has 0 aliphatic heterocycles. The lowest BCUT2D eigenvalue weighted by atomic mass is 10.2. The van der Waals surface area contributed by atoms with E-state index < -0.39 is 0 Å². The minimum absolute atomic E-state index is 0.758. The minimum Gasteiger partial charge on any atom is -0.381 e. The van der Waals surface area contributed by atoms with E-state index in [1.807, 2.05) is 0 Å². The maximum atomic E-state index is 4.87. The van der Waals surface area contributed by atoms with Gasteiger partial charge >= 0.3 is 0 Å². The van der Waals surface area contributed by atoms with Crippen molar-refractivity contribution in [3.05, 3.63) is 18.6 Å². The third kappa shape index (κ3) is 3.67. The number of ether oxygens (including phenoxy) is 1. The predicted molar refractivity (Wildman–Crippen MR) is 42.7 cm³/mol. The van der Waals surface area contributed by atoms with Crippen LogP contribution in [0.2, 0.25) is 0 Å². The summed E-state index contributed by atoms with van der Waals surface area (Å²) in [5.74, 6) is 0.937. The Morgan fingerprint density at radius 1 is 1.60 bits per heavy atom. The first-order chi connectivity index (χ1) is 4.93. The van der Waals surface area contributed by atoms with Crippen molar-refractivity contribution in [2.24, 2.45) is 5.92 Å². The molecule has 1 fully saturated rings. The van der Waals surface area contributed by atoms with Gasteiger partial charge in [-0.3, -0.25) is 0 Å². The Kier molecular flexibility index (Phi) is 3.52. The zero-order valence-electron chi connectivity index (χ0n) is 6.55. The highest BCUT2D eigenvalue weighted by atomic mass is 16.5. The smallest absolute Gasteiger partial charge is 0.0643 e. The van der Waals surface area contributed by atoms with Gasteiger partial charge in [0.1, 0.15) is 0 Å². The lowest BCUT2D eigenvalue weighted by Gasteiger charge is -1.90. The van der Waals surface area contributed by atoms with Gasteiger partial charge in [0, 0.05) is 7.11 Å². The molecule has 0 aromatic rings. The summed E-state index contributed by atoms with van der Waals surface area (Å²) < 4.78 is 4.87. The van der Waals surface area contributed by atoms with Gasteiger partial charge in [0.05, 0.1) is 6.61 Å². The molecule has 1 aliphatic rings. The molecule has 0 aromatic carbocycles. The van der Waals surface area contributed by atoms with E-state index in [2.05, 4.69) is 18.6 Å². The maximum Gasteiger partial charge on any atom is 0.0643 e. The molecule has 1 rings (SSSR count). The van der Waals surface area contributed by atoms with E-state index in [1.54, 1.807) is 7.11 Å². The van der Waals surface area contributed by atoms with E-state index in [0.29, 0.717) is 0 Å². The molecule has 1 radical (unpaired) electrons. The molecular formula is C9H15O. The van der Waals surface area contributed by atoms with Crippen molar-refractivity contribution >= 4 is 0 Å². The Morgan fingerprint density at radius 2 is 2.40 bits per heavy atom. The van der Waals surface area contributed by atoms with Crippen molar-refractivity contribution in [3.63, 3.8) is 0 Å². The highest BCUT2D eigenvalue weighted by molar-refractivity contribution is 4.96. The summed E-state index contributed by atoms with van der Waals surface area (Å²) in [5, 5.41) is 0. The number of rotatable bonds is 5. The summed E-state index contributed by atoms with van der Waals surface area (Å²) in [6.07, 6.45) is 10.5. The lowest BCUT2D eigenvalue weighted by molar-refractivity contribution is 0.233. The normalized spacial score (nSPS) is 18.5. The van der Waals surface area contributed by atoms with Crippen LogP contribution in [0.25, 0.3) is 0 Å². The summed E-state index contributed by atoms with van der Waals surface area (Å²) >= 11 is 0. The van der Waals surface area contributed by atoms with Crippen LogP contribution in [-0.2, 0) is 4.74 Å². The molecule has 1 unspecified atom stereocenters. The fourth-order valence-electron chi connectivity index (χ4n) is 0.924. The Balaban J connectivity index is 1.83. The van der Waals surface area contributed by atoms with Crippen LogP contribution in [0.3, 0.4) is 0 Å². The van der Waals surface area contributed by atoms with Crippen LogP contribution in [0, 0.1) is 12.3 Å². The molecule has 0 aromatic heterocycles. The molecule has 0 heterocycles. The van der Waals surface area contributed by atoms with Gasteiger partial charge in [0.25, 0.3) is 0 Å². The first-order valence-corrected chi connectivity index (χ1v) is 3.90. The second-order valence-electron chi connectivity index (χ2n) is 2.74. The molecule has 1 nitrogen and oxygen atoms in total. The van der Waals surface area contributed by atoms with Crippen molar-refractivity contribution in [2.75, 3.05) is 13.7 Å². The van der Waals surface area contributed by atoms with Crippen LogP contribution in [0.15, 0.2) is 12.2 Å². The fraction of sp³-hybridized carbons (Fsp3) is 0.667. The molecule has 1 saturated carbocycles. The molecule has 0 N–H and O–H groups in total. The van der Waals surface area contributed by atoms with Crippen molar-refractivity contribution < 1.29 is 4.74 Å². The van der Waals surface area contributed by atoms with Gasteiger partial charge < -0.3 is 4.74 Å². The fourth-order valence-corrected chi connectivity index (χ4v) is 0.924. The van der Waals surface area contributed by atoms with Gasteiger partial charge in [-0.25, -0.2) is 0 Å². The average molecular weight is 139 g/mol. The van der Waals surface area contributed by atoms with Gasteiger partial charge in [0.15, 0.2) is 0 Å². The van der Waals surface area contributed by atoms with Crippen LogP contribution < -0.4 is 0 Å². The second kappa shape index (κ2) is 4.51. The molecule has 0 amide bonds. The standard InChI is InChI=1S/C9H15O/c1-10-8-4-2-3-5-9-6-7-9/h2,4,6,9H,3,5,7-8H2,1H3. The Morgan fingerprint density at radius 3 is 3.00 bits per heavy atom. The van der Waals surface area contributed by atoms with E-state index in [-0.39, 0.29) is 0 Å². The van der Waals surface area contributed by atoms with Gasteiger partial charge in [0.2, 0.25) is 0 Å². The zero-order chi connectivity index (χ0) is 7.23. The number of methoxy groups -OCH3 is 1. The molecule has 0 spiro atoms. The summed E-state index contributed by atoms with van der Waals surface area (Å²) in [4.78, 5) is 0. The van der Waals surface area contributed by atoms with E-state index in [9.17, 15) is 0 Å². The van der Waals surface area contributed by atoms with Crippen LogP contribution in [0.4, 0.5) is 0 Å². The molecular weight excluding hydrogens is 124 g/mol. The Hall–Kier alpha value is -0.300. The first-order valence-electron chi connectivity index (χ1n) is 3.90. The van der Waals surface area contributed by atoms with Crippen molar-refractivity contribution in [2.45, 2.75) is 19.3 Å². The molecule has 0 bridgehead atoms. The van der Waals surface area contributed by atoms with Crippen molar-refractivity contribution in [3.8, 4) is 0 Å². The van der Waals surface area contributed by atoms with E-state index in [4.69, 9.17) is 4.74 Å². The van der Waals surface area contributed by atoms with Crippen LogP contribution in [0.1, 0.15) is 19.3 Å². The number of hydrogen-bond donors (Lipinski definition) is 0. The van der Waals surface area contributed by atoms with Gasteiger partial charge in [-0.1, -0.05) is 12.2 Å². The SMILES string of the molecule is COCC=CCCC1[CH]C1. The first kappa shape index (κ1) is 7.80. The summed E-state index contributed by atoms with van der Waals surface area (Å²) in [6, 6.07) is 0. The molecule has 57 valence electrons. The Labute approximate surface area is 63.1 Å². The topological polar surface area (TPSA) is 9.23 Å². The van der Waals surface area contributed by atoms with E-state index in [1.165, 1.54) is 19.3 Å². The van der Waals surface area contributed by atoms with Gasteiger partial charge in [-0.05, 0) is 31.6 Å². The largest absolute Gasteiger partial charge is 0.381 e. The van der Waals surface area contributed by atoms with Crippen LogP contribution >= 0.6 is 0 Å². The van der Waals surface area contributed by atoms with Crippen molar-refractivity contribution in [1.29, 1.82) is 0 Å². The number of hydrogen-bond acceptors (Lipinski definition) is 1. The molecule has 10 heavy (non-hydrogen) atoms. The highest BCUT2D eigenvalue weighted by Crippen LogP contribution is 2.31. The highest BCUT2D eigenvalue weighted by Gasteiger charge is 2.19. The second-order valence-corrected chi connectivity index (χ2v) is 2.74. The van der Waals surface area contributed by atoms with E-state index >= 15 is 0 Å². The zero-order valence-corrected chi connectivity index (χ0v) is 6.55. The summed E-state index contributed by atoms with van der Waals surface area (Å²) in [6.45, 7) is 0.758. The average Bonchev–Trinajstić information content (AvgIpc) is 2.71. The summed E-state index contributed by atoms with van der Waals surface area (Å²) in [7, 11) is 1.72. The Bertz CT molecular complexity index is 103. The summed E-state index contributed by atoms with van der Waals surface area (Å²) in [5.41, 5.74) is 0. The molecule has 1 heteroatoms. The molecule has 1 atom stereocenters. The van der Waals surface area contributed by atoms with Crippen LogP contribution in [-0.4, -0.2) is 13.7 Å².